The van der Waals surface area contributed by atoms with Gasteiger partial charge in [-0.3, -0.25) is 4.79 Å². The van der Waals surface area contributed by atoms with Gasteiger partial charge < -0.3 is 20.1 Å². The van der Waals surface area contributed by atoms with Crippen molar-refractivity contribution in [3.05, 3.63) is 94.7 Å². The van der Waals surface area contributed by atoms with Gasteiger partial charge in [0, 0.05) is 17.7 Å². The number of nitrogens with one attached hydrogen (secondary N) is 2. The summed E-state index contributed by atoms with van der Waals surface area (Å²) in [6, 6.07) is 22.3. The molecular weight excluding hydrogens is 436 g/mol. The lowest BCUT2D eigenvalue weighted by atomic mass is 9.78. The second-order valence-electron chi connectivity index (χ2n) is 9.66. The predicted molar refractivity (Wildman–Crippen MR) is 140 cm³/mol. The Morgan fingerprint density at radius 1 is 0.886 bits per heavy atom. The van der Waals surface area contributed by atoms with Gasteiger partial charge in [0.05, 0.1) is 30.6 Å². The summed E-state index contributed by atoms with van der Waals surface area (Å²) >= 11 is 0. The van der Waals surface area contributed by atoms with E-state index in [1.807, 2.05) is 50.2 Å². The van der Waals surface area contributed by atoms with E-state index in [1.54, 1.807) is 7.11 Å². The molecule has 0 aromatic heterocycles. The van der Waals surface area contributed by atoms with Crippen LogP contribution in [0, 0.1) is 6.92 Å². The van der Waals surface area contributed by atoms with E-state index in [4.69, 9.17) is 9.47 Å². The van der Waals surface area contributed by atoms with Crippen molar-refractivity contribution in [3.63, 3.8) is 0 Å². The van der Waals surface area contributed by atoms with Crippen LogP contribution in [0.4, 0.5) is 11.4 Å². The molecule has 1 heterocycles. The summed E-state index contributed by atoms with van der Waals surface area (Å²) in [6.45, 7) is 6.07. The molecule has 3 aromatic carbocycles. The van der Waals surface area contributed by atoms with E-state index >= 15 is 0 Å². The molecule has 2 atom stereocenters. The van der Waals surface area contributed by atoms with Crippen LogP contribution in [-0.2, 0) is 4.79 Å². The minimum absolute atomic E-state index is 0.0368. The number of ketones is 1. The molecule has 5 rings (SSSR count). The van der Waals surface area contributed by atoms with Gasteiger partial charge in [0.25, 0.3) is 0 Å². The van der Waals surface area contributed by atoms with Gasteiger partial charge >= 0.3 is 0 Å². The summed E-state index contributed by atoms with van der Waals surface area (Å²) in [5, 5.41) is 7.25. The van der Waals surface area contributed by atoms with Gasteiger partial charge in [0.2, 0.25) is 0 Å². The molecule has 0 radical (unpaired) electrons. The van der Waals surface area contributed by atoms with Crippen molar-refractivity contribution in [1.29, 1.82) is 0 Å². The van der Waals surface area contributed by atoms with Crippen LogP contribution in [0.25, 0.3) is 0 Å². The third-order valence-corrected chi connectivity index (χ3v) is 6.74. The number of allylic oxidation sites excluding steroid dienone is 1. The van der Waals surface area contributed by atoms with Gasteiger partial charge in [-0.25, -0.2) is 0 Å². The third-order valence-electron chi connectivity index (χ3n) is 6.74. The lowest BCUT2D eigenvalue weighted by Crippen LogP contribution is -2.27. The first-order valence-electron chi connectivity index (χ1n) is 12.2. The van der Waals surface area contributed by atoms with E-state index in [0.29, 0.717) is 17.9 Å². The second-order valence-corrected chi connectivity index (χ2v) is 9.66. The molecule has 0 amide bonds. The molecule has 0 saturated heterocycles. The third kappa shape index (κ3) is 4.63. The van der Waals surface area contributed by atoms with E-state index < -0.39 is 0 Å². The van der Waals surface area contributed by atoms with Crippen molar-refractivity contribution in [2.45, 2.75) is 51.7 Å². The lowest BCUT2D eigenvalue weighted by Gasteiger charge is -2.30. The van der Waals surface area contributed by atoms with Crippen LogP contribution in [0.1, 0.15) is 55.3 Å². The number of carbonyl (C=O) groups is 1. The Labute approximate surface area is 207 Å². The van der Waals surface area contributed by atoms with Crippen LogP contribution in [0.15, 0.2) is 78.0 Å². The van der Waals surface area contributed by atoms with Crippen LogP contribution in [0.3, 0.4) is 0 Å². The first kappa shape index (κ1) is 23.0. The zero-order valence-corrected chi connectivity index (χ0v) is 20.7. The highest BCUT2D eigenvalue weighted by molar-refractivity contribution is 6.01. The average molecular weight is 469 g/mol. The van der Waals surface area contributed by atoms with E-state index in [1.165, 1.54) is 11.1 Å². The molecule has 35 heavy (non-hydrogen) atoms. The van der Waals surface area contributed by atoms with E-state index in [-0.39, 0.29) is 23.8 Å². The highest BCUT2D eigenvalue weighted by atomic mass is 16.5. The Balaban J connectivity index is 1.58. The maximum atomic E-state index is 13.7. The number of methoxy groups -OCH3 is 1. The van der Waals surface area contributed by atoms with Gasteiger partial charge in [-0.15, -0.1) is 0 Å². The minimum Gasteiger partial charge on any atom is -0.493 e. The molecule has 1 aliphatic heterocycles. The normalized spacial score (nSPS) is 19.3. The summed E-state index contributed by atoms with van der Waals surface area (Å²) in [4.78, 5) is 13.7. The van der Waals surface area contributed by atoms with Crippen molar-refractivity contribution in [1.82, 2.24) is 0 Å². The van der Waals surface area contributed by atoms with E-state index in [2.05, 4.69) is 47.9 Å². The number of hydrogen-bond donors (Lipinski definition) is 2. The van der Waals surface area contributed by atoms with Crippen molar-refractivity contribution in [3.8, 4) is 11.5 Å². The second kappa shape index (κ2) is 9.49. The first-order chi connectivity index (χ1) is 16.9. The number of hydrogen-bond acceptors (Lipinski definition) is 5. The number of para-hydroxylation sites is 2. The Morgan fingerprint density at radius 2 is 1.60 bits per heavy atom. The zero-order chi connectivity index (χ0) is 24.5. The monoisotopic (exact) mass is 468 g/mol. The Morgan fingerprint density at radius 3 is 2.31 bits per heavy atom. The fraction of sp³-hybridized carbons (Fsp3) is 0.300. The van der Waals surface area contributed by atoms with Gasteiger partial charge in [-0.05, 0) is 68.5 Å². The smallest absolute Gasteiger partial charge is 0.163 e. The molecule has 0 fully saturated rings. The molecule has 0 saturated carbocycles. The molecule has 2 unspecified atom stereocenters. The summed E-state index contributed by atoms with van der Waals surface area (Å²) in [6.07, 6.45) is 1.31. The fourth-order valence-corrected chi connectivity index (χ4v) is 5.03. The van der Waals surface area contributed by atoms with Crippen molar-refractivity contribution < 1.29 is 14.3 Å². The SMILES string of the molecule is COc1cc(C2Nc3ccccc3NC3=C2C(=O)CC(c2ccc(C)cc2)C3)ccc1OC(C)C. The van der Waals surface area contributed by atoms with Gasteiger partial charge in [0.15, 0.2) is 17.3 Å². The van der Waals surface area contributed by atoms with Crippen LogP contribution in [0.5, 0.6) is 11.5 Å². The minimum atomic E-state index is -0.297. The van der Waals surface area contributed by atoms with Crippen molar-refractivity contribution in [2.24, 2.45) is 0 Å². The molecular formula is C30H32N2O3. The fourth-order valence-electron chi connectivity index (χ4n) is 5.03. The Hall–Kier alpha value is -3.73. The molecule has 1 aliphatic carbocycles. The van der Waals surface area contributed by atoms with Gasteiger partial charge in [0.1, 0.15) is 0 Å². The molecule has 2 N–H and O–H groups in total. The maximum absolute atomic E-state index is 13.7. The molecule has 5 heteroatoms. The van der Waals surface area contributed by atoms with E-state index in [9.17, 15) is 4.79 Å². The summed E-state index contributed by atoms with van der Waals surface area (Å²) in [5.41, 5.74) is 7.11. The topological polar surface area (TPSA) is 59.6 Å². The summed E-state index contributed by atoms with van der Waals surface area (Å²) < 4.78 is 11.6. The van der Waals surface area contributed by atoms with Gasteiger partial charge in [-0.1, -0.05) is 48.0 Å². The molecule has 180 valence electrons. The summed E-state index contributed by atoms with van der Waals surface area (Å²) in [5.74, 6) is 1.67. The molecule has 0 spiro atoms. The zero-order valence-electron chi connectivity index (χ0n) is 20.7. The molecule has 2 aliphatic rings. The summed E-state index contributed by atoms with van der Waals surface area (Å²) in [7, 11) is 1.65. The number of anilines is 2. The average Bonchev–Trinajstić information content (AvgIpc) is 3.01. The number of aryl methyl sites for hydroxylation is 1. The molecule has 5 nitrogen and oxygen atoms in total. The first-order valence-corrected chi connectivity index (χ1v) is 12.2. The van der Waals surface area contributed by atoms with Crippen LogP contribution in [-0.4, -0.2) is 19.0 Å². The predicted octanol–water partition coefficient (Wildman–Crippen LogP) is 6.77. The largest absolute Gasteiger partial charge is 0.493 e. The van der Waals surface area contributed by atoms with Crippen LogP contribution < -0.4 is 20.1 Å². The van der Waals surface area contributed by atoms with Crippen molar-refractivity contribution in [2.75, 3.05) is 17.7 Å². The Kier molecular flexibility index (Phi) is 6.25. The number of benzene rings is 3. The number of ether oxygens (including phenoxy) is 2. The van der Waals surface area contributed by atoms with Crippen molar-refractivity contribution >= 4 is 17.2 Å². The van der Waals surface area contributed by atoms with Crippen LogP contribution in [0.2, 0.25) is 0 Å². The quantitative estimate of drug-likeness (QED) is 0.433. The van der Waals surface area contributed by atoms with Crippen LogP contribution >= 0.6 is 0 Å². The number of carbonyl (C=O) groups excluding carboxylic acids is 1. The highest BCUT2D eigenvalue weighted by Gasteiger charge is 2.36. The molecule has 3 aromatic rings. The highest BCUT2D eigenvalue weighted by Crippen LogP contribution is 2.45. The number of fused-ring (bicyclic) bond motifs is 1. The number of Topliss-reactive ketones (excluding diaryl/α,β-unsaturated/α-hetero) is 1. The maximum Gasteiger partial charge on any atom is 0.163 e. The number of rotatable bonds is 5. The molecule has 0 bridgehead atoms. The Bertz CT molecular complexity index is 1280. The standard InChI is InChI=1S/C30H32N2O3/c1-18(2)35-27-14-13-21(17-28(27)34-4)30-29-25(31-23-7-5-6-8-24(23)32-30)15-22(16-26(29)33)20-11-9-19(3)10-12-20/h5-14,17-18,22,30-32H,15-16H2,1-4H3. The van der Waals surface area contributed by atoms with E-state index in [0.717, 1.165) is 34.6 Å². The van der Waals surface area contributed by atoms with Gasteiger partial charge in [-0.2, -0.15) is 0 Å². The lowest BCUT2D eigenvalue weighted by molar-refractivity contribution is -0.116.